The van der Waals surface area contributed by atoms with Gasteiger partial charge in [-0.25, -0.2) is 4.79 Å². The third-order valence-corrected chi connectivity index (χ3v) is 7.98. The quantitative estimate of drug-likeness (QED) is 0.114. The molecule has 1 aliphatic rings. The van der Waals surface area contributed by atoms with Gasteiger partial charge >= 0.3 is 12.1 Å². The lowest BCUT2D eigenvalue weighted by Crippen LogP contribution is -2.42. The van der Waals surface area contributed by atoms with E-state index in [0.29, 0.717) is 52.4 Å². The number of carbonyl (C=O) groups excluding carboxylic acids is 2. The van der Waals surface area contributed by atoms with Gasteiger partial charge in [-0.2, -0.15) is 0 Å². The number of methoxy groups -OCH3 is 1. The lowest BCUT2D eigenvalue weighted by molar-refractivity contribution is -0.384. The average Bonchev–Trinajstić information content (AvgIpc) is 2.95. The van der Waals surface area contributed by atoms with Crippen molar-refractivity contribution in [3.8, 4) is 0 Å². The van der Waals surface area contributed by atoms with Crippen LogP contribution in [0.4, 0.5) is 16.2 Å². The first-order chi connectivity index (χ1) is 20.3. The number of nitro groups is 1. The Morgan fingerprint density at radius 1 is 0.837 bits per heavy atom. The van der Waals surface area contributed by atoms with Gasteiger partial charge in [0.1, 0.15) is 16.7 Å². The van der Waals surface area contributed by atoms with Crippen LogP contribution in [0.15, 0.2) is 66.7 Å². The Labute approximate surface area is 261 Å². The van der Waals surface area contributed by atoms with E-state index >= 15 is 0 Å². The van der Waals surface area contributed by atoms with Crippen molar-refractivity contribution in [3.63, 3.8) is 0 Å². The van der Waals surface area contributed by atoms with Crippen LogP contribution in [-0.2, 0) is 19.7 Å². The highest BCUT2D eigenvalue weighted by atomic mass is 35.5. The number of hydrogen-bond acceptors (Lipinski definition) is 7. The lowest BCUT2D eigenvalue weighted by atomic mass is 9.69. The first kappa shape index (κ1) is 32.1. The van der Waals surface area contributed by atoms with Crippen molar-refractivity contribution in [2.24, 2.45) is 0 Å². The molecule has 1 aliphatic carbocycles. The minimum absolute atomic E-state index is 0.0593. The minimum Gasteiger partial charge on any atom is -0.468 e. The SMILES string of the molecule is COC(=O)C(c1ccc(Cl)cc1)(c1ccc(Cl)cc1)c1ccc([N+](=O)[O-])c(N[C@H]2CC[C@H](NC(=O)OC(C)(C)C)CC2)c1. The number of halogens is 2. The van der Waals surface area contributed by atoms with Gasteiger partial charge in [0.05, 0.1) is 12.0 Å². The van der Waals surface area contributed by atoms with Crippen molar-refractivity contribution in [2.75, 3.05) is 12.4 Å². The zero-order valence-electron chi connectivity index (χ0n) is 24.5. The van der Waals surface area contributed by atoms with Crippen LogP contribution in [0, 0.1) is 10.1 Å². The molecule has 1 saturated carbocycles. The van der Waals surface area contributed by atoms with Gasteiger partial charge < -0.3 is 20.1 Å². The molecule has 0 heterocycles. The predicted molar refractivity (Wildman–Crippen MR) is 167 cm³/mol. The topological polar surface area (TPSA) is 120 Å². The molecule has 0 atom stereocenters. The summed E-state index contributed by atoms with van der Waals surface area (Å²) in [6.07, 6.45) is 2.21. The van der Waals surface area contributed by atoms with Crippen LogP contribution in [0.3, 0.4) is 0 Å². The van der Waals surface area contributed by atoms with E-state index in [2.05, 4.69) is 10.6 Å². The molecule has 0 aliphatic heterocycles. The monoisotopic (exact) mass is 627 g/mol. The van der Waals surface area contributed by atoms with E-state index in [1.54, 1.807) is 60.7 Å². The number of benzene rings is 3. The van der Waals surface area contributed by atoms with E-state index in [1.807, 2.05) is 20.8 Å². The number of amides is 1. The molecule has 0 saturated heterocycles. The molecule has 11 heteroatoms. The van der Waals surface area contributed by atoms with E-state index in [1.165, 1.54) is 13.2 Å². The second-order valence-corrected chi connectivity index (χ2v) is 12.5. The molecule has 9 nitrogen and oxygen atoms in total. The first-order valence-electron chi connectivity index (χ1n) is 14.0. The van der Waals surface area contributed by atoms with Crippen molar-refractivity contribution in [3.05, 3.63) is 104 Å². The number of ether oxygens (including phenoxy) is 2. The van der Waals surface area contributed by atoms with Crippen LogP contribution in [0.5, 0.6) is 0 Å². The number of hydrogen-bond donors (Lipinski definition) is 2. The number of esters is 1. The third kappa shape index (κ3) is 7.40. The van der Waals surface area contributed by atoms with Gasteiger partial charge in [-0.3, -0.25) is 14.9 Å². The summed E-state index contributed by atoms with van der Waals surface area (Å²) in [7, 11) is 1.30. The van der Waals surface area contributed by atoms with Crippen LogP contribution in [0.1, 0.15) is 63.1 Å². The van der Waals surface area contributed by atoms with Crippen molar-refractivity contribution in [2.45, 2.75) is 69.6 Å². The fraction of sp³-hybridized carbons (Fsp3) is 0.375. The largest absolute Gasteiger partial charge is 0.468 e. The maximum atomic E-state index is 13.8. The lowest BCUT2D eigenvalue weighted by Gasteiger charge is -2.34. The Bertz CT molecular complexity index is 1420. The van der Waals surface area contributed by atoms with E-state index in [9.17, 15) is 19.7 Å². The molecule has 0 unspecified atom stereocenters. The van der Waals surface area contributed by atoms with Crippen LogP contribution in [0.25, 0.3) is 0 Å². The van der Waals surface area contributed by atoms with Gasteiger partial charge in [-0.05, 0) is 93.5 Å². The normalized spacial score (nSPS) is 17.1. The van der Waals surface area contributed by atoms with Crippen LogP contribution < -0.4 is 10.6 Å². The third-order valence-electron chi connectivity index (χ3n) is 7.48. The summed E-state index contributed by atoms with van der Waals surface area (Å²) in [5, 5.41) is 19.3. The number of nitrogens with zero attached hydrogens (tertiary/aromatic N) is 1. The Morgan fingerprint density at radius 2 is 1.33 bits per heavy atom. The standard InChI is InChI=1S/C32H35Cl2N3O6/c1-31(2,3)43-30(39)36-26-16-14-25(15-17-26)35-27-19-22(9-18-28(27)37(40)41)32(29(38)42-4,20-5-10-23(33)11-6-20)21-7-12-24(34)13-8-21/h5-13,18-19,25-26,35H,14-17H2,1-4H3,(H,36,39)/t25-,26-. The van der Waals surface area contributed by atoms with E-state index in [0.717, 1.165) is 0 Å². The molecule has 0 spiro atoms. The average molecular weight is 629 g/mol. The molecule has 228 valence electrons. The highest BCUT2D eigenvalue weighted by Crippen LogP contribution is 2.44. The summed E-state index contributed by atoms with van der Waals surface area (Å²) in [5.74, 6) is -0.578. The van der Waals surface area contributed by atoms with E-state index in [4.69, 9.17) is 32.7 Å². The molecular weight excluding hydrogens is 593 g/mol. The number of nitrogens with one attached hydrogen (secondary N) is 2. The Kier molecular flexibility index (Phi) is 9.87. The van der Waals surface area contributed by atoms with Gasteiger partial charge in [0.25, 0.3) is 5.69 Å². The van der Waals surface area contributed by atoms with E-state index < -0.39 is 28.0 Å². The molecule has 3 aromatic carbocycles. The van der Waals surface area contributed by atoms with Crippen LogP contribution >= 0.6 is 23.2 Å². The molecular formula is C32H35Cl2N3O6. The molecule has 43 heavy (non-hydrogen) atoms. The summed E-state index contributed by atoms with van der Waals surface area (Å²) < 4.78 is 10.7. The van der Waals surface area contributed by atoms with Crippen molar-refractivity contribution in [1.82, 2.24) is 5.32 Å². The zero-order chi connectivity index (χ0) is 31.4. The van der Waals surface area contributed by atoms with Gasteiger partial charge in [0, 0.05) is 28.2 Å². The summed E-state index contributed by atoms with van der Waals surface area (Å²) in [6.45, 7) is 5.43. The predicted octanol–water partition coefficient (Wildman–Crippen LogP) is 7.66. The van der Waals surface area contributed by atoms with Gasteiger partial charge in [0.15, 0.2) is 0 Å². The maximum Gasteiger partial charge on any atom is 0.407 e. The summed E-state index contributed by atoms with van der Waals surface area (Å²) >= 11 is 12.4. The number of anilines is 1. The first-order valence-corrected chi connectivity index (χ1v) is 14.7. The van der Waals surface area contributed by atoms with Gasteiger partial charge in [0.2, 0.25) is 0 Å². The van der Waals surface area contributed by atoms with Gasteiger partial charge in [-0.1, -0.05) is 53.5 Å². The molecule has 3 aromatic rings. The second kappa shape index (κ2) is 13.2. The molecule has 0 aromatic heterocycles. The molecule has 1 fully saturated rings. The number of alkyl carbamates (subject to hydrolysis) is 1. The van der Waals surface area contributed by atoms with Crippen molar-refractivity contribution < 1.29 is 24.0 Å². The maximum absolute atomic E-state index is 13.8. The Balaban J connectivity index is 1.71. The Hall–Kier alpha value is -3.82. The second-order valence-electron chi connectivity index (χ2n) is 11.6. The number of nitro benzene ring substituents is 1. The smallest absolute Gasteiger partial charge is 0.407 e. The zero-order valence-corrected chi connectivity index (χ0v) is 26.0. The summed E-state index contributed by atoms with van der Waals surface area (Å²) in [5.41, 5.74) is -0.308. The number of rotatable bonds is 8. The fourth-order valence-electron chi connectivity index (χ4n) is 5.53. The van der Waals surface area contributed by atoms with Crippen molar-refractivity contribution >= 4 is 46.6 Å². The number of carbonyl (C=O) groups is 2. The van der Waals surface area contributed by atoms with E-state index in [-0.39, 0.29) is 23.5 Å². The summed E-state index contributed by atoms with van der Waals surface area (Å²) in [4.78, 5) is 37.7. The summed E-state index contributed by atoms with van der Waals surface area (Å²) in [6, 6.07) is 18.1. The molecule has 0 bridgehead atoms. The van der Waals surface area contributed by atoms with Crippen LogP contribution in [0.2, 0.25) is 10.0 Å². The van der Waals surface area contributed by atoms with Crippen LogP contribution in [-0.4, -0.2) is 41.8 Å². The molecule has 0 radical (unpaired) electrons. The van der Waals surface area contributed by atoms with Gasteiger partial charge in [-0.15, -0.1) is 0 Å². The highest BCUT2D eigenvalue weighted by molar-refractivity contribution is 6.30. The molecule has 1 amide bonds. The van der Waals surface area contributed by atoms with Crippen molar-refractivity contribution in [1.29, 1.82) is 0 Å². The fourth-order valence-corrected chi connectivity index (χ4v) is 5.78. The molecule has 2 N–H and O–H groups in total. The Morgan fingerprint density at radius 3 is 1.79 bits per heavy atom. The minimum atomic E-state index is -1.48. The molecule has 4 rings (SSSR count). The highest BCUT2D eigenvalue weighted by Gasteiger charge is 2.46.